The van der Waals surface area contributed by atoms with Crippen molar-refractivity contribution < 1.29 is 17.6 Å². The van der Waals surface area contributed by atoms with Gasteiger partial charge in [0.2, 0.25) is 0 Å². The summed E-state index contributed by atoms with van der Waals surface area (Å²) in [5, 5.41) is 0. The maximum absolute atomic E-state index is 13.2. The van der Waals surface area contributed by atoms with Crippen LogP contribution < -0.4 is 5.73 Å². The van der Waals surface area contributed by atoms with E-state index in [2.05, 4.69) is 15.9 Å². The second-order valence-corrected chi connectivity index (χ2v) is 4.01. The van der Waals surface area contributed by atoms with Crippen molar-refractivity contribution in [3.05, 3.63) is 34.1 Å². The molecule has 0 aliphatic rings. The molecule has 0 saturated heterocycles. The van der Waals surface area contributed by atoms with Gasteiger partial charge >= 0.3 is 6.18 Å². The van der Waals surface area contributed by atoms with Crippen LogP contribution in [0.25, 0.3) is 0 Å². The Hall–Kier alpha value is -0.620. The molecule has 1 atom stereocenters. The van der Waals surface area contributed by atoms with E-state index in [-0.39, 0.29) is 5.56 Å². The molecule has 1 aromatic carbocycles. The number of alkyl halides is 3. The molecule has 0 radical (unpaired) electrons. The first kappa shape index (κ1) is 12.4. The van der Waals surface area contributed by atoms with Crippen LogP contribution in [0.4, 0.5) is 17.6 Å². The molecular weight excluding hydrogens is 278 g/mol. The van der Waals surface area contributed by atoms with E-state index in [0.29, 0.717) is 4.47 Å². The Balaban J connectivity index is 2.87. The van der Waals surface area contributed by atoms with Crippen LogP contribution in [-0.2, 0) is 0 Å². The molecule has 0 aliphatic carbocycles. The number of nitrogens with two attached hydrogens (primary N) is 1. The molecule has 0 bridgehead atoms. The summed E-state index contributed by atoms with van der Waals surface area (Å²) in [5.74, 6) is -0.735. The molecule has 2 N–H and O–H groups in total. The molecule has 15 heavy (non-hydrogen) atoms. The Labute approximate surface area is 92.4 Å². The third-order valence-electron chi connectivity index (χ3n) is 1.81. The summed E-state index contributed by atoms with van der Waals surface area (Å²) in [5.41, 5.74) is 5.13. The van der Waals surface area contributed by atoms with Gasteiger partial charge < -0.3 is 5.73 Å². The van der Waals surface area contributed by atoms with Gasteiger partial charge in [0.05, 0.1) is 6.42 Å². The van der Waals surface area contributed by atoms with Crippen molar-refractivity contribution in [2.75, 3.05) is 0 Å². The van der Waals surface area contributed by atoms with Crippen molar-refractivity contribution in [2.45, 2.75) is 18.6 Å². The van der Waals surface area contributed by atoms with Crippen LogP contribution in [0.5, 0.6) is 0 Å². The molecule has 0 fully saturated rings. The fourth-order valence-corrected chi connectivity index (χ4v) is 1.49. The Kier molecular flexibility index (Phi) is 3.72. The smallest absolute Gasteiger partial charge is 0.324 e. The van der Waals surface area contributed by atoms with Crippen LogP contribution in [0.3, 0.4) is 0 Å². The van der Waals surface area contributed by atoms with Gasteiger partial charge in [0, 0.05) is 16.1 Å². The molecule has 6 heteroatoms. The van der Waals surface area contributed by atoms with E-state index in [1.165, 1.54) is 12.1 Å². The monoisotopic (exact) mass is 285 g/mol. The minimum atomic E-state index is -4.39. The summed E-state index contributed by atoms with van der Waals surface area (Å²) in [4.78, 5) is 0. The molecule has 1 aromatic rings. The minimum Gasteiger partial charge on any atom is -0.324 e. The zero-order valence-corrected chi connectivity index (χ0v) is 9.07. The number of hydrogen-bond donors (Lipinski definition) is 1. The van der Waals surface area contributed by atoms with E-state index in [4.69, 9.17) is 5.73 Å². The van der Waals surface area contributed by atoms with Crippen molar-refractivity contribution in [1.82, 2.24) is 0 Å². The van der Waals surface area contributed by atoms with Crippen molar-refractivity contribution in [2.24, 2.45) is 5.73 Å². The lowest BCUT2D eigenvalue weighted by Gasteiger charge is -2.15. The molecule has 0 saturated carbocycles. The highest BCUT2D eigenvalue weighted by Crippen LogP contribution is 2.29. The van der Waals surface area contributed by atoms with Crippen LogP contribution in [0.2, 0.25) is 0 Å². The van der Waals surface area contributed by atoms with Crippen molar-refractivity contribution >= 4 is 15.9 Å². The number of benzene rings is 1. The van der Waals surface area contributed by atoms with Crippen LogP contribution in [-0.4, -0.2) is 6.18 Å². The number of rotatable bonds is 2. The lowest BCUT2D eigenvalue weighted by atomic mass is 10.0. The standard InChI is InChI=1S/C9H8BrF4N/c10-5-1-2-6(7(11)3-5)8(15)4-9(12,13)14/h1-3,8H,4,15H2. The quantitative estimate of drug-likeness (QED) is 0.827. The summed E-state index contributed by atoms with van der Waals surface area (Å²) < 4.78 is 49.6. The second-order valence-electron chi connectivity index (χ2n) is 3.09. The van der Waals surface area contributed by atoms with E-state index >= 15 is 0 Å². The predicted molar refractivity (Wildman–Crippen MR) is 51.7 cm³/mol. The third-order valence-corrected chi connectivity index (χ3v) is 2.31. The second kappa shape index (κ2) is 4.49. The van der Waals surface area contributed by atoms with Crippen molar-refractivity contribution in [3.63, 3.8) is 0 Å². The van der Waals surface area contributed by atoms with Gasteiger partial charge in [0.1, 0.15) is 5.82 Å². The van der Waals surface area contributed by atoms with Crippen LogP contribution in [0.1, 0.15) is 18.0 Å². The van der Waals surface area contributed by atoms with E-state index in [9.17, 15) is 17.6 Å². The zero-order valence-electron chi connectivity index (χ0n) is 7.48. The molecular formula is C9H8BrF4N. The Morgan fingerprint density at radius 2 is 1.93 bits per heavy atom. The Bertz CT molecular complexity index is 350. The zero-order chi connectivity index (χ0) is 11.6. The number of halogens is 5. The van der Waals surface area contributed by atoms with Crippen molar-refractivity contribution in [3.8, 4) is 0 Å². The maximum atomic E-state index is 13.2. The van der Waals surface area contributed by atoms with Gasteiger partial charge in [0.25, 0.3) is 0 Å². The average Bonchev–Trinajstić information content (AvgIpc) is 1.99. The topological polar surface area (TPSA) is 26.0 Å². The molecule has 1 rings (SSSR count). The SMILES string of the molecule is NC(CC(F)(F)F)c1ccc(Br)cc1F. The van der Waals surface area contributed by atoms with Gasteiger partial charge in [-0.1, -0.05) is 22.0 Å². The highest BCUT2D eigenvalue weighted by atomic mass is 79.9. The summed E-state index contributed by atoms with van der Waals surface area (Å²) in [6.45, 7) is 0. The van der Waals surface area contributed by atoms with Crippen molar-refractivity contribution in [1.29, 1.82) is 0 Å². The fourth-order valence-electron chi connectivity index (χ4n) is 1.16. The normalized spacial score (nSPS) is 14.0. The van der Waals surface area contributed by atoms with Gasteiger partial charge in [-0.15, -0.1) is 0 Å². The van der Waals surface area contributed by atoms with E-state index in [0.717, 1.165) is 6.07 Å². The fraction of sp³-hybridized carbons (Fsp3) is 0.333. The predicted octanol–water partition coefficient (Wildman–Crippen LogP) is 3.54. The van der Waals surface area contributed by atoms with E-state index < -0.39 is 24.5 Å². The molecule has 1 unspecified atom stereocenters. The molecule has 0 heterocycles. The minimum absolute atomic E-state index is 0.129. The Morgan fingerprint density at radius 1 is 1.33 bits per heavy atom. The van der Waals surface area contributed by atoms with Gasteiger partial charge in [-0.05, 0) is 12.1 Å². The third kappa shape index (κ3) is 3.79. The van der Waals surface area contributed by atoms with Crippen LogP contribution in [0, 0.1) is 5.82 Å². The highest BCUT2D eigenvalue weighted by Gasteiger charge is 2.31. The Morgan fingerprint density at radius 3 is 2.40 bits per heavy atom. The van der Waals surface area contributed by atoms with Gasteiger partial charge in [0.15, 0.2) is 0 Å². The van der Waals surface area contributed by atoms with Gasteiger partial charge in [-0.2, -0.15) is 13.2 Å². The largest absolute Gasteiger partial charge is 0.390 e. The molecule has 84 valence electrons. The first-order chi connectivity index (χ1) is 6.79. The lowest BCUT2D eigenvalue weighted by Crippen LogP contribution is -2.21. The lowest BCUT2D eigenvalue weighted by molar-refractivity contribution is -0.138. The van der Waals surface area contributed by atoms with Crippen LogP contribution in [0.15, 0.2) is 22.7 Å². The summed E-state index contributed by atoms with van der Waals surface area (Å²) in [6, 6.07) is 2.42. The van der Waals surface area contributed by atoms with Gasteiger partial charge in [-0.25, -0.2) is 4.39 Å². The summed E-state index contributed by atoms with van der Waals surface area (Å²) >= 11 is 3.00. The maximum Gasteiger partial charge on any atom is 0.390 e. The number of hydrogen-bond acceptors (Lipinski definition) is 1. The molecule has 0 amide bonds. The molecule has 0 aliphatic heterocycles. The molecule has 0 aromatic heterocycles. The molecule has 0 spiro atoms. The van der Waals surface area contributed by atoms with E-state index in [1.807, 2.05) is 0 Å². The summed E-state index contributed by atoms with van der Waals surface area (Å²) in [7, 11) is 0. The highest BCUT2D eigenvalue weighted by molar-refractivity contribution is 9.10. The van der Waals surface area contributed by atoms with Crippen LogP contribution >= 0.6 is 15.9 Å². The first-order valence-corrected chi connectivity index (χ1v) is 4.86. The van der Waals surface area contributed by atoms with E-state index in [1.54, 1.807) is 0 Å². The first-order valence-electron chi connectivity index (χ1n) is 4.07. The summed E-state index contributed by atoms with van der Waals surface area (Å²) in [6.07, 6.45) is -5.62. The average molecular weight is 286 g/mol. The molecule has 1 nitrogen and oxygen atoms in total. The van der Waals surface area contributed by atoms with Gasteiger partial charge in [-0.3, -0.25) is 0 Å².